The number of amides is 2. The van der Waals surface area contributed by atoms with Crippen LogP contribution in [-0.2, 0) is 17.9 Å². The van der Waals surface area contributed by atoms with E-state index in [1.807, 2.05) is 47.4 Å². The maximum Gasteiger partial charge on any atom is 0.317 e. The highest BCUT2D eigenvalue weighted by Crippen LogP contribution is 2.18. The van der Waals surface area contributed by atoms with Gasteiger partial charge in [-0.15, -0.1) is 0 Å². The number of likely N-dealkylation sites (tertiary alicyclic amines) is 1. The van der Waals surface area contributed by atoms with Gasteiger partial charge >= 0.3 is 6.03 Å². The molecule has 27 heavy (non-hydrogen) atoms. The summed E-state index contributed by atoms with van der Waals surface area (Å²) in [5, 5.41) is 3.01. The molecule has 0 bridgehead atoms. The Kier molecular flexibility index (Phi) is 7.11. The molecule has 2 aromatic carbocycles. The number of methoxy groups -OCH3 is 1. The van der Waals surface area contributed by atoms with Crippen LogP contribution in [0.4, 0.5) is 4.79 Å². The maximum absolute atomic E-state index is 12.5. The normalized spacial score (nSPS) is 16.8. The zero-order valence-corrected chi connectivity index (χ0v) is 15.9. The molecular weight excluding hydrogens is 340 g/mol. The van der Waals surface area contributed by atoms with Gasteiger partial charge in [0.05, 0.1) is 20.3 Å². The van der Waals surface area contributed by atoms with Crippen LogP contribution in [0.1, 0.15) is 24.0 Å². The Morgan fingerprint density at radius 2 is 1.89 bits per heavy atom. The maximum atomic E-state index is 12.5. The van der Waals surface area contributed by atoms with Crippen molar-refractivity contribution in [3.8, 4) is 5.75 Å². The number of carbonyl (C=O) groups excluding carboxylic acids is 1. The van der Waals surface area contributed by atoms with Gasteiger partial charge in [0.25, 0.3) is 0 Å². The minimum atomic E-state index is -0.00132. The van der Waals surface area contributed by atoms with Crippen molar-refractivity contribution in [2.45, 2.75) is 26.0 Å². The minimum absolute atomic E-state index is 0.00132. The third-order valence-corrected chi connectivity index (χ3v) is 4.87. The van der Waals surface area contributed by atoms with Crippen molar-refractivity contribution < 1.29 is 14.3 Å². The summed E-state index contributed by atoms with van der Waals surface area (Å²) >= 11 is 0. The number of hydrogen-bond donors (Lipinski definition) is 1. The number of piperidine rings is 1. The van der Waals surface area contributed by atoms with Gasteiger partial charge < -0.3 is 19.7 Å². The fourth-order valence-electron chi connectivity index (χ4n) is 3.34. The quantitative estimate of drug-likeness (QED) is 0.808. The van der Waals surface area contributed by atoms with E-state index < -0.39 is 0 Å². The molecule has 0 spiro atoms. The van der Waals surface area contributed by atoms with E-state index in [9.17, 15) is 4.79 Å². The van der Waals surface area contributed by atoms with Crippen LogP contribution in [0.5, 0.6) is 5.75 Å². The van der Waals surface area contributed by atoms with Gasteiger partial charge in [-0.2, -0.15) is 0 Å². The van der Waals surface area contributed by atoms with E-state index in [0.717, 1.165) is 37.2 Å². The lowest BCUT2D eigenvalue weighted by Crippen LogP contribution is -2.46. The van der Waals surface area contributed by atoms with Crippen LogP contribution in [0.15, 0.2) is 54.6 Å². The van der Waals surface area contributed by atoms with Crippen molar-refractivity contribution in [3.63, 3.8) is 0 Å². The van der Waals surface area contributed by atoms with Crippen LogP contribution < -0.4 is 10.1 Å². The van der Waals surface area contributed by atoms with Crippen LogP contribution in [0, 0.1) is 5.92 Å². The molecule has 144 valence electrons. The van der Waals surface area contributed by atoms with Gasteiger partial charge in [0.2, 0.25) is 0 Å². The van der Waals surface area contributed by atoms with Gasteiger partial charge in [-0.05, 0) is 36.1 Å². The molecule has 0 aliphatic carbocycles. The van der Waals surface area contributed by atoms with Gasteiger partial charge in [0.1, 0.15) is 5.75 Å². The van der Waals surface area contributed by atoms with E-state index in [1.54, 1.807) is 7.11 Å². The van der Waals surface area contributed by atoms with Gasteiger partial charge in [-0.25, -0.2) is 4.79 Å². The summed E-state index contributed by atoms with van der Waals surface area (Å²) in [6, 6.07) is 17.9. The van der Waals surface area contributed by atoms with Crippen LogP contribution in [-0.4, -0.2) is 37.7 Å². The predicted molar refractivity (Wildman–Crippen MR) is 106 cm³/mol. The molecule has 0 aromatic heterocycles. The first-order valence-corrected chi connectivity index (χ1v) is 9.52. The molecule has 2 aromatic rings. The summed E-state index contributed by atoms with van der Waals surface area (Å²) in [7, 11) is 1.65. The molecule has 5 nitrogen and oxygen atoms in total. The number of benzene rings is 2. The molecular formula is C22H28N2O3. The van der Waals surface area contributed by atoms with Gasteiger partial charge in [-0.1, -0.05) is 42.5 Å². The van der Waals surface area contributed by atoms with Crippen molar-refractivity contribution in [3.05, 3.63) is 65.7 Å². The third kappa shape index (κ3) is 6.00. The number of carbonyl (C=O) groups is 1. The first-order valence-electron chi connectivity index (χ1n) is 9.52. The highest BCUT2D eigenvalue weighted by Gasteiger charge is 2.23. The molecule has 2 amide bonds. The molecule has 5 heteroatoms. The van der Waals surface area contributed by atoms with Crippen molar-refractivity contribution in [1.82, 2.24) is 10.2 Å². The number of hydrogen-bond acceptors (Lipinski definition) is 3. The minimum Gasteiger partial charge on any atom is -0.497 e. The number of urea groups is 1. The van der Waals surface area contributed by atoms with E-state index in [0.29, 0.717) is 25.7 Å². The number of rotatable bonds is 7. The van der Waals surface area contributed by atoms with E-state index >= 15 is 0 Å². The fraction of sp³-hybridized carbons (Fsp3) is 0.409. The van der Waals surface area contributed by atoms with Crippen molar-refractivity contribution in [2.75, 3.05) is 26.8 Å². The lowest BCUT2D eigenvalue weighted by molar-refractivity contribution is 0.0590. The third-order valence-electron chi connectivity index (χ3n) is 4.87. The first kappa shape index (κ1) is 19.2. The average Bonchev–Trinajstić information content (AvgIpc) is 2.73. The lowest BCUT2D eigenvalue weighted by Gasteiger charge is -2.32. The SMILES string of the molecule is COc1ccc(CNC(=O)N2CCCC(COCc3ccccc3)C2)cc1. The largest absolute Gasteiger partial charge is 0.497 e. The Hall–Kier alpha value is -2.53. The molecule has 1 aliphatic heterocycles. The average molecular weight is 368 g/mol. The molecule has 1 fully saturated rings. The fourth-order valence-corrected chi connectivity index (χ4v) is 3.34. The Morgan fingerprint density at radius 3 is 2.63 bits per heavy atom. The van der Waals surface area contributed by atoms with Crippen molar-refractivity contribution >= 4 is 6.03 Å². The first-order chi connectivity index (χ1) is 13.2. The summed E-state index contributed by atoms with van der Waals surface area (Å²) in [6.45, 7) is 3.40. The Labute approximate surface area is 161 Å². The molecule has 1 N–H and O–H groups in total. The highest BCUT2D eigenvalue weighted by molar-refractivity contribution is 5.74. The summed E-state index contributed by atoms with van der Waals surface area (Å²) in [4.78, 5) is 14.4. The number of ether oxygens (including phenoxy) is 2. The Morgan fingerprint density at radius 1 is 1.11 bits per heavy atom. The van der Waals surface area contributed by atoms with E-state index in [2.05, 4.69) is 17.4 Å². The number of nitrogens with one attached hydrogen (secondary N) is 1. The lowest BCUT2D eigenvalue weighted by atomic mass is 9.99. The zero-order valence-electron chi connectivity index (χ0n) is 15.9. The molecule has 1 saturated heterocycles. The smallest absolute Gasteiger partial charge is 0.317 e. The van der Waals surface area contributed by atoms with Crippen LogP contribution in [0.3, 0.4) is 0 Å². The molecule has 1 heterocycles. The molecule has 1 aliphatic rings. The Bertz CT molecular complexity index is 703. The molecule has 0 saturated carbocycles. The number of nitrogens with zero attached hydrogens (tertiary/aromatic N) is 1. The molecule has 1 unspecified atom stereocenters. The Balaban J connectivity index is 1.40. The summed E-state index contributed by atoms with van der Waals surface area (Å²) < 4.78 is 11.0. The second-order valence-electron chi connectivity index (χ2n) is 6.96. The van der Waals surface area contributed by atoms with Gasteiger partial charge in [0.15, 0.2) is 0 Å². The molecule has 3 rings (SSSR count). The second-order valence-corrected chi connectivity index (χ2v) is 6.96. The molecule has 0 radical (unpaired) electrons. The van der Waals surface area contributed by atoms with Crippen LogP contribution in [0.25, 0.3) is 0 Å². The standard InChI is InChI=1S/C22H28N2O3/c1-26-21-11-9-18(10-12-21)14-23-22(25)24-13-5-8-20(15-24)17-27-16-19-6-3-2-4-7-19/h2-4,6-7,9-12,20H,5,8,13-17H2,1H3,(H,23,25). The van der Waals surface area contributed by atoms with Crippen LogP contribution in [0.2, 0.25) is 0 Å². The predicted octanol–water partition coefficient (Wildman–Crippen LogP) is 3.83. The van der Waals surface area contributed by atoms with E-state index in [4.69, 9.17) is 9.47 Å². The van der Waals surface area contributed by atoms with Crippen LogP contribution >= 0.6 is 0 Å². The topological polar surface area (TPSA) is 50.8 Å². The molecule has 1 atom stereocenters. The monoisotopic (exact) mass is 368 g/mol. The van der Waals surface area contributed by atoms with E-state index in [-0.39, 0.29) is 6.03 Å². The van der Waals surface area contributed by atoms with Crippen molar-refractivity contribution in [2.24, 2.45) is 5.92 Å². The highest BCUT2D eigenvalue weighted by atomic mass is 16.5. The van der Waals surface area contributed by atoms with Gasteiger partial charge in [-0.3, -0.25) is 0 Å². The second kappa shape index (κ2) is 9.97. The van der Waals surface area contributed by atoms with Gasteiger partial charge in [0, 0.05) is 25.6 Å². The van der Waals surface area contributed by atoms with E-state index in [1.165, 1.54) is 5.56 Å². The summed E-state index contributed by atoms with van der Waals surface area (Å²) in [5.41, 5.74) is 2.24. The van der Waals surface area contributed by atoms with Crippen molar-refractivity contribution in [1.29, 1.82) is 0 Å². The summed E-state index contributed by atoms with van der Waals surface area (Å²) in [6.07, 6.45) is 2.13. The summed E-state index contributed by atoms with van der Waals surface area (Å²) in [5.74, 6) is 1.22. The zero-order chi connectivity index (χ0) is 18.9.